The Kier molecular flexibility index (Phi) is 4.70. The first-order chi connectivity index (χ1) is 15.9. The summed E-state index contributed by atoms with van der Waals surface area (Å²) >= 11 is 1.81. The van der Waals surface area contributed by atoms with Crippen LogP contribution in [0.3, 0.4) is 0 Å². The lowest BCUT2D eigenvalue weighted by molar-refractivity contribution is 1.16. The topological polar surface area (TPSA) is 29.0 Å². The molecule has 0 saturated carbocycles. The van der Waals surface area contributed by atoms with Gasteiger partial charge in [0.2, 0.25) is 0 Å². The van der Waals surface area contributed by atoms with Crippen LogP contribution >= 0.6 is 11.8 Å². The maximum Gasteiger partial charge on any atom is 0.0723 e. The van der Waals surface area contributed by atoms with E-state index in [0.29, 0.717) is 0 Å². The van der Waals surface area contributed by atoms with Crippen molar-refractivity contribution in [2.75, 3.05) is 4.90 Å². The minimum absolute atomic E-state index is 0.938. The minimum atomic E-state index is 0.938. The van der Waals surface area contributed by atoms with Gasteiger partial charge in [-0.05, 0) is 48.5 Å². The van der Waals surface area contributed by atoms with E-state index in [-0.39, 0.29) is 0 Å². The zero-order valence-electron chi connectivity index (χ0n) is 17.2. The molecule has 4 heteroatoms. The smallest absolute Gasteiger partial charge is 0.0723 e. The van der Waals surface area contributed by atoms with Gasteiger partial charge in [0.25, 0.3) is 0 Å². The highest BCUT2D eigenvalue weighted by Crippen LogP contribution is 2.54. The number of nitrogens with zero attached hydrogens (tertiary/aromatic N) is 3. The molecule has 1 aliphatic rings. The molecule has 0 aliphatic carbocycles. The van der Waals surface area contributed by atoms with Crippen LogP contribution in [-0.4, -0.2) is 9.97 Å². The van der Waals surface area contributed by atoms with Gasteiger partial charge in [-0.15, -0.1) is 0 Å². The van der Waals surface area contributed by atoms with Crippen molar-refractivity contribution in [1.82, 2.24) is 9.97 Å². The largest absolute Gasteiger partial charge is 0.307 e. The number of hydrogen-bond acceptors (Lipinski definition) is 4. The molecule has 1 aliphatic heterocycles. The van der Waals surface area contributed by atoms with Crippen molar-refractivity contribution >= 4 is 28.8 Å². The van der Waals surface area contributed by atoms with Gasteiger partial charge in [-0.3, -0.25) is 9.97 Å². The molecule has 0 amide bonds. The standard InChI is InChI=1S/C28H19N3S/c1-3-16-26-24(14-1)31(25-15-2-4-17-27(25)32-26)28-20(22-12-5-7-18-29-22)10-9-11-21(28)23-13-6-8-19-30-23/h1-19H. The zero-order chi connectivity index (χ0) is 21.3. The number of aromatic nitrogens is 2. The lowest BCUT2D eigenvalue weighted by Crippen LogP contribution is -2.17. The first-order valence-electron chi connectivity index (χ1n) is 10.5. The molecule has 152 valence electrons. The Labute approximate surface area is 191 Å². The second-order valence-electron chi connectivity index (χ2n) is 7.50. The Hall–Kier alpha value is -3.89. The van der Waals surface area contributed by atoms with Crippen molar-refractivity contribution in [3.8, 4) is 22.5 Å². The summed E-state index contributed by atoms with van der Waals surface area (Å²) in [5.41, 5.74) is 7.44. The maximum atomic E-state index is 4.70. The van der Waals surface area contributed by atoms with E-state index in [0.717, 1.165) is 39.6 Å². The fraction of sp³-hybridized carbons (Fsp3) is 0. The lowest BCUT2D eigenvalue weighted by Gasteiger charge is -2.35. The molecule has 0 saturated heterocycles. The summed E-state index contributed by atoms with van der Waals surface area (Å²) in [6.45, 7) is 0. The number of rotatable bonds is 3. The summed E-state index contributed by atoms with van der Waals surface area (Å²) in [6.07, 6.45) is 3.70. The summed E-state index contributed by atoms with van der Waals surface area (Å²) in [4.78, 5) is 14.2. The van der Waals surface area contributed by atoms with E-state index in [1.54, 1.807) is 0 Å². The summed E-state index contributed by atoms with van der Waals surface area (Å²) in [5.74, 6) is 0. The van der Waals surface area contributed by atoms with Crippen LogP contribution in [0.1, 0.15) is 0 Å². The normalized spacial score (nSPS) is 12.2. The van der Waals surface area contributed by atoms with Gasteiger partial charge in [0.05, 0.1) is 28.5 Å². The third kappa shape index (κ3) is 3.17. The van der Waals surface area contributed by atoms with Crippen molar-refractivity contribution in [2.24, 2.45) is 0 Å². The molecule has 0 radical (unpaired) electrons. The SMILES string of the molecule is c1ccc(-c2cccc(-c3ccccn3)c2N2c3ccccc3Sc3ccccc32)nc1. The molecule has 5 aromatic rings. The van der Waals surface area contributed by atoms with Crippen molar-refractivity contribution in [3.05, 3.63) is 116 Å². The molecule has 0 N–H and O–H groups in total. The predicted octanol–water partition coefficient (Wildman–Crippen LogP) is 7.75. The van der Waals surface area contributed by atoms with Crippen LogP contribution < -0.4 is 4.90 Å². The average Bonchev–Trinajstić information content (AvgIpc) is 2.88. The molecular weight excluding hydrogens is 410 g/mol. The Morgan fingerprint density at radius 3 is 1.50 bits per heavy atom. The molecule has 6 rings (SSSR count). The van der Waals surface area contributed by atoms with Crippen molar-refractivity contribution in [3.63, 3.8) is 0 Å². The van der Waals surface area contributed by atoms with E-state index in [2.05, 4.69) is 83.8 Å². The predicted molar refractivity (Wildman–Crippen MR) is 132 cm³/mol. The third-order valence-electron chi connectivity index (χ3n) is 5.57. The van der Waals surface area contributed by atoms with Crippen LogP contribution in [0.15, 0.2) is 125 Å². The van der Waals surface area contributed by atoms with Gasteiger partial charge in [0.1, 0.15) is 0 Å². The number of hydrogen-bond donors (Lipinski definition) is 0. The Morgan fingerprint density at radius 2 is 1.00 bits per heavy atom. The molecule has 32 heavy (non-hydrogen) atoms. The number of pyridine rings is 2. The van der Waals surface area contributed by atoms with Crippen molar-refractivity contribution in [1.29, 1.82) is 0 Å². The average molecular weight is 430 g/mol. The third-order valence-corrected chi connectivity index (χ3v) is 6.70. The molecule has 0 unspecified atom stereocenters. The zero-order valence-corrected chi connectivity index (χ0v) is 18.0. The molecule has 3 aromatic carbocycles. The van der Waals surface area contributed by atoms with Crippen LogP contribution in [0.25, 0.3) is 22.5 Å². The molecule has 3 heterocycles. The fourth-order valence-electron chi connectivity index (χ4n) is 4.19. The summed E-state index contributed by atoms with van der Waals surface area (Å²) < 4.78 is 0. The van der Waals surface area contributed by atoms with Crippen molar-refractivity contribution < 1.29 is 0 Å². The van der Waals surface area contributed by atoms with E-state index in [1.807, 2.05) is 48.4 Å². The van der Waals surface area contributed by atoms with Gasteiger partial charge in [-0.2, -0.15) is 0 Å². The molecule has 0 fully saturated rings. The second kappa shape index (κ2) is 7.98. The minimum Gasteiger partial charge on any atom is -0.307 e. The van der Waals surface area contributed by atoms with Crippen LogP contribution in [0.4, 0.5) is 17.1 Å². The molecule has 0 atom stereocenters. The van der Waals surface area contributed by atoms with Gasteiger partial charge in [0, 0.05) is 33.3 Å². The highest BCUT2D eigenvalue weighted by Gasteiger charge is 2.28. The van der Waals surface area contributed by atoms with Gasteiger partial charge in [0.15, 0.2) is 0 Å². The van der Waals surface area contributed by atoms with Gasteiger partial charge >= 0.3 is 0 Å². The molecule has 2 aromatic heterocycles. The monoisotopic (exact) mass is 429 g/mol. The first-order valence-corrected chi connectivity index (χ1v) is 11.3. The number of fused-ring (bicyclic) bond motifs is 2. The van der Waals surface area contributed by atoms with Crippen LogP contribution in [0.2, 0.25) is 0 Å². The van der Waals surface area contributed by atoms with E-state index in [4.69, 9.17) is 9.97 Å². The first kappa shape index (κ1) is 18.8. The molecular formula is C28H19N3S. The molecule has 0 bridgehead atoms. The second-order valence-corrected chi connectivity index (χ2v) is 8.59. The Bertz CT molecular complexity index is 1300. The number of anilines is 3. The van der Waals surface area contributed by atoms with E-state index in [9.17, 15) is 0 Å². The molecule has 0 spiro atoms. The van der Waals surface area contributed by atoms with E-state index >= 15 is 0 Å². The summed E-state index contributed by atoms with van der Waals surface area (Å²) in [5, 5.41) is 0. The molecule has 3 nitrogen and oxygen atoms in total. The quantitative estimate of drug-likeness (QED) is 0.288. The maximum absolute atomic E-state index is 4.70. The van der Waals surface area contributed by atoms with Crippen LogP contribution in [-0.2, 0) is 0 Å². The van der Waals surface area contributed by atoms with E-state index in [1.165, 1.54) is 9.79 Å². The highest BCUT2D eigenvalue weighted by molar-refractivity contribution is 7.99. The Morgan fingerprint density at radius 1 is 0.500 bits per heavy atom. The van der Waals surface area contributed by atoms with Gasteiger partial charge in [-0.25, -0.2) is 0 Å². The number of para-hydroxylation sites is 3. The van der Waals surface area contributed by atoms with Gasteiger partial charge in [-0.1, -0.05) is 66.4 Å². The lowest BCUT2D eigenvalue weighted by atomic mass is 9.98. The van der Waals surface area contributed by atoms with E-state index < -0.39 is 0 Å². The summed E-state index contributed by atoms with van der Waals surface area (Å²) in [7, 11) is 0. The fourth-order valence-corrected chi connectivity index (χ4v) is 5.25. The van der Waals surface area contributed by atoms with Crippen LogP contribution in [0.5, 0.6) is 0 Å². The van der Waals surface area contributed by atoms with Gasteiger partial charge < -0.3 is 4.90 Å². The highest BCUT2D eigenvalue weighted by atomic mass is 32.2. The Balaban J connectivity index is 1.71. The van der Waals surface area contributed by atoms with Crippen LogP contribution in [0, 0.1) is 0 Å². The number of benzene rings is 3. The van der Waals surface area contributed by atoms with Crippen molar-refractivity contribution in [2.45, 2.75) is 9.79 Å². The summed E-state index contributed by atoms with van der Waals surface area (Å²) in [6, 6.07) is 35.7.